The molecule has 2 fully saturated rings. The molecule has 2 atom stereocenters. The standard InChI is InChI=1S/C19H37N3O2/c1-15(2)22-14-17(13-18(22)19(23)20-11-12-24-3)21-16-9-7-5-4-6-8-10-16/h15-18,21H,4-14H2,1-3H3,(H,20,23)/t17-,18-/m0/s1. The van der Waals surface area contributed by atoms with Crippen molar-refractivity contribution < 1.29 is 9.53 Å². The lowest BCUT2D eigenvalue weighted by Gasteiger charge is -2.27. The summed E-state index contributed by atoms with van der Waals surface area (Å²) in [6.07, 6.45) is 10.4. The minimum atomic E-state index is -0.00656. The summed E-state index contributed by atoms with van der Waals surface area (Å²) in [7, 11) is 1.66. The summed E-state index contributed by atoms with van der Waals surface area (Å²) in [5.41, 5.74) is 0. The smallest absolute Gasteiger partial charge is 0.237 e. The third-order valence-electron chi connectivity index (χ3n) is 5.49. The average Bonchev–Trinajstić information content (AvgIpc) is 2.94. The van der Waals surface area contributed by atoms with Crippen LogP contribution in [-0.4, -0.2) is 61.8 Å². The second kappa shape index (κ2) is 10.4. The Morgan fingerprint density at radius 3 is 2.42 bits per heavy atom. The number of methoxy groups -OCH3 is 1. The van der Waals surface area contributed by atoms with Gasteiger partial charge >= 0.3 is 0 Å². The summed E-state index contributed by atoms with van der Waals surface area (Å²) in [5.74, 6) is 0.155. The predicted octanol–water partition coefficient (Wildman–Crippen LogP) is 2.30. The number of nitrogens with one attached hydrogen (secondary N) is 2. The molecule has 2 rings (SSSR count). The fourth-order valence-corrected chi connectivity index (χ4v) is 4.16. The first kappa shape index (κ1) is 19.7. The number of hydrogen-bond acceptors (Lipinski definition) is 4. The van der Waals surface area contributed by atoms with Crippen molar-refractivity contribution in [1.82, 2.24) is 15.5 Å². The number of rotatable bonds is 7. The molecule has 0 radical (unpaired) electrons. The van der Waals surface area contributed by atoms with Crippen molar-refractivity contribution in [1.29, 1.82) is 0 Å². The van der Waals surface area contributed by atoms with Gasteiger partial charge in [0.25, 0.3) is 0 Å². The van der Waals surface area contributed by atoms with Gasteiger partial charge in [0.2, 0.25) is 5.91 Å². The van der Waals surface area contributed by atoms with E-state index in [0.717, 1.165) is 13.0 Å². The van der Waals surface area contributed by atoms with Gasteiger partial charge in [0, 0.05) is 38.3 Å². The van der Waals surface area contributed by atoms with E-state index in [2.05, 4.69) is 29.4 Å². The second-order valence-corrected chi connectivity index (χ2v) is 7.73. The molecule has 24 heavy (non-hydrogen) atoms. The van der Waals surface area contributed by atoms with E-state index in [1.165, 1.54) is 44.9 Å². The summed E-state index contributed by atoms with van der Waals surface area (Å²) >= 11 is 0. The Balaban J connectivity index is 1.87. The van der Waals surface area contributed by atoms with E-state index in [0.29, 0.717) is 31.3 Å². The van der Waals surface area contributed by atoms with Gasteiger partial charge in [0.15, 0.2) is 0 Å². The zero-order chi connectivity index (χ0) is 17.4. The van der Waals surface area contributed by atoms with Gasteiger partial charge in [-0.05, 0) is 33.1 Å². The van der Waals surface area contributed by atoms with Gasteiger partial charge in [0.1, 0.15) is 0 Å². The summed E-state index contributed by atoms with van der Waals surface area (Å²) in [4.78, 5) is 14.9. The molecule has 1 saturated heterocycles. The molecule has 1 aliphatic heterocycles. The van der Waals surface area contributed by atoms with Crippen LogP contribution in [0.5, 0.6) is 0 Å². The van der Waals surface area contributed by atoms with E-state index in [1.807, 2.05) is 0 Å². The van der Waals surface area contributed by atoms with E-state index < -0.39 is 0 Å². The number of nitrogens with zero attached hydrogens (tertiary/aromatic N) is 1. The Morgan fingerprint density at radius 2 is 1.79 bits per heavy atom. The minimum Gasteiger partial charge on any atom is -0.383 e. The Hall–Kier alpha value is -0.650. The number of carbonyl (C=O) groups excluding carboxylic acids is 1. The van der Waals surface area contributed by atoms with Crippen LogP contribution in [-0.2, 0) is 9.53 Å². The molecular weight excluding hydrogens is 302 g/mol. The molecule has 0 spiro atoms. The second-order valence-electron chi connectivity index (χ2n) is 7.73. The SMILES string of the molecule is COCCNC(=O)[C@@H]1C[C@H](NC2CCCCCCC2)CN1C(C)C. The molecule has 140 valence electrons. The molecule has 0 aromatic rings. The topological polar surface area (TPSA) is 53.6 Å². The molecule has 0 aromatic heterocycles. The van der Waals surface area contributed by atoms with Crippen LogP contribution < -0.4 is 10.6 Å². The monoisotopic (exact) mass is 339 g/mol. The molecule has 0 unspecified atom stereocenters. The van der Waals surface area contributed by atoms with Gasteiger partial charge in [-0.15, -0.1) is 0 Å². The van der Waals surface area contributed by atoms with Gasteiger partial charge in [-0.2, -0.15) is 0 Å². The maximum Gasteiger partial charge on any atom is 0.237 e. The molecular formula is C19H37N3O2. The average molecular weight is 340 g/mol. The molecule has 1 heterocycles. The Bertz CT molecular complexity index is 368. The largest absolute Gasteiger partial charge is 0.383 e. The van der Waals surface area contributed by atoms with Crippen LogP contribution in [0.4, 0.5) is 0 Å². The van der Waals surface area contributed by atoms with E-state index in [1.54, 1.807) is 7.11 Å². The van der Waals surface area contributed by atoms with E-state index in [-0.39, 0.29) is 11.9 Å². The molecule has 1 saturated carbocycles. The highest BCUT2D eigenvalue weighted by Crippen LogP contribution is 2.24. The van der Waals surface area contributed by atoms with Crippen molar-refractivity contribution in [3.05, 3.63) is 0 Å². The Labute approximate surface area is 147 Å². The zero-order valence-corrected chi connectivity index (χ0v) is 15.9. The molecule has 1 amide bonds. The number of ether oxygens (including phenoxy) is 1. The first-order valence-electron chi connectivity index (χ1n) is 9.90. The summed E-state index contributed by atoms with van der Waals surface area (Å²) < 4.78 is 5.03. The number of hydrogen-bond donors (Lipinski definition) is 2. The summed E-state index contributed by atoms with van der Waals surface area (Å²) in [6.45, 7) is 6.53. The van der Waals surface area contributed by atoms with Crippen LogP contribution >= 0.6 is 0 Å². The van der Waals surface area contributed by atoms with Crippen LogP contribution in [0, 0.1) is 0 Å². The van der Waals surface area contributed by atoms with E-state index in [9.17, 15) is 4.79 Å². The van der Waals surface area contributed by atoms with Gasteiger partial charge in [-0.25, -0.2) is 0 Å². The van der Waals surface area contributed by atoms with E-state index in [4.69, 9.17) is 4.74 Å². The Morgan fingerprint density at radius 1 is 1.12 bits per heavy atom. The molecule has 0 bridgehead atoms. The maximum absolute atomic E-state index is 12.5. The highest BCUT2D eigenvalue weighted by molar-refractivity contribution is 5.82. The molecule has 5 heteroatoms. The van der Waals surface area contributed by atoms with E-state index >= 15 is 0 Å². The van der Waals surface area contributed by atoms with Crippen molar-refractivity contribution in [2.24, 2.45) is 0 Å². The summed E-state index contributed by atoms with van der Waals surface area (Å²) in [6, 6.07) is 1.47. The van der Waals surface area contributed by atoms with Crippen molar-refractivity contribution in [2.45, 2.75) is 89.4 Å². The van der Waals surface area contributed by atoms with Gasteiger partial charge in [0.05, 0.1) is 12.6 Å². The first-order chi connectivity index (χ1) is 11.6. The number of carbonyl (C=O) groups is 1. The normalized spacial score (nSPS) is 27.2. The molecule has 0 aromatic carbocycles. The Kier molecular flexibility index (Phi) is 8.50. The van der Waals surface area contributed by atoms with Crippen LogP contribution in [0.2, 0.25) is 0 Å². The highest BCUT2D eigenvalue weighted by atomic mass is 16.5. The lowest BCUT2D eigenvalue weighted by Crippen LogP contribution is -2.46. The minimum absolute atomic E-state index is 0.00656. The highest BCUT2D eigenvalue weighted by Gasteiger charge is 2.38. The van der Waals surface area contributed by atoms with Crippen LogP contribution in [0.3, 0.4) is 0 Å². The fourth-order valence-electron chi connectivity index (χ4n) is 4.16. The van der Waals surface area contributed by atoms with Crippen LogP contribution in [0.15, 0.2) is 0 Å². The lowest BCUT2D eigenvalue weighted by molar-refractivity contribution is -0.126. The van der Waals surface area contributed by atoms with Crippen molar-refractivity contribution in [2.75, 3.05) is 26.8 Å². The quantitative estimate of drug-likeness (QED) is 0.699. The van der Waals surface area contributed by atoms with Gasteiger partial charge < -0.3 is 15.4 Å². The van der Waals surface area contributed by atoms with Crippen LogP contribution in [0.25, 0.3) is 0 Å². The maximum atomic E-state index is 12.5. The van der Waals surface area contributed by atoms with Crippen molar-refractivity contribution in [3.8, 4) is 0 Å². The van der Waals surface area contributed by atoms with Crippen LogP contribution in [0.1, 0.15) is 65.2 Å². The first-order valence-corrected chi connectivity index (χ1v) is 9.90. The molecule has 2 aliphatic rings. The molecule has 5 nitrogen and oxygen atoms in total. The third-order valence-corrected chi connectivity index (χ3v) is 5.49. The van der Waals surface area contributed by atoms with Gasteiger partial charge in [-0.1, -0.05) is 32.1 Å². The number of amides is 1. The predicted molar refractivity (Wildman–Crippen MR) is 98.2 cm³/mol. The van der Waals surface area contributed by atoms with Gasteiger partial charge in [-0.3, -0.25) is 9.69 Å². The fraction of sp³-hybridized carbons (Fsp3) is 0.947. The zero-order valence-electron chi connectivity index (χ0n) is 15.9. The lowest BCUT2D eigenvalue weighted by atomic mass is 9.96. The third kappa shape index (κ3) is 6.01. The van der Waals surface area contributed by atoms with Crippen molar-refractivity contribution >= 4 is 5.91 Å². The number of likely N-dealkylation sites (tertiary alicyclic amines) is 1. The molecule has 2 N–H and O–H groups in total. The molecule has 1 aliphatic carbocycles. The summed E-state index contributed by atoms with van der Waals surface area (Å²) in [5, 5.41) is 6.90. The van der Waals surface area contributed by atoms with Crippen molar-refractivity contribution in [3.63, 3.8) is 0 Å².